The highest BCUT2D eigenvalue weighted by Crippen LogP contribution is 2.41. The second kappa shape index (κ2) is 9.42. The molecule has 1 aromatic heterocycles. The summed E-state index contributed by atoms with van der Waals surface area (Å²) in [7, 11) is 1.61. The zero-order chi connectivity index (χ0) is 22.7. The molecular formula is C25H29N3O4. The van der Waals surface area contributed by atoms with Gasteiger partial charge in [0.15, 0.2) is 5.92 Å². The van der Waals surface area contributed by atoms with Crippen molar-refractivity contribution >= 4 is 28.9 Å². The lowest BCUT2D eigenvalue weighted by Gasteiger charge is -2.38. The summed E-state index contributed by atoms with van der Waals surface area (Å²) in [5.41, 5.74) is 2.50. The smallest absolute Gasteiger partial charge is 0.321 e. The Balaban J connectivity index is 1.92. The number of rotatable bonds is 8. The summed E-state index contributed by atoms with van der Waals surface area (Å²) in [6.45, 7) is 4.60. The van der Waals surface area contributed by atoms with Crippen LogP contribution in [-0.2, 0) is 14.3 Å². The summed E-state index contributed by atoms with van der Waals surface area (Å²) in [6, 6.07) is 14.7. The van der Waals surface area contributed by atoms with Crippen molar-refractivity contribution < 1.29 is 19.1 Å². The van der Waals surface area contributed by atoms with Crippen LogP contribution in [0, 0.1) is 5.92 Å². The Kier molecular flexibility index (Phi) is 6.44. The van der Waals surface area contributed by atoms with E-state index in [1.54, 1.807) is 18.9 Å². The summed E-state index contributed by atoms with van der Waals surface area (Å²) in [5, 5.41) is 0. The van der Waals surface area contributed by atoms with E-state index in [4.69, 9.17) is 14.5 Å². The Morgan fingerprint density at radius 2 is 1.81 bits per heavy atom. The lowest BCUT2D eigenvalue weighted by molar-refractivity contribution is -0.153. The first-order valence-corrected chi connectivity index (χ1v) is 11.2. The van der Waals surface area contributed by atoms with Gasteiger partial charge in [-0.15, -0.1) is 0 Å². The van der Waals surface area contributed by atoms with Crippen LogP contribution >= 0.6 is 0 Å². The van der Waals surface area contributed by atoms with Crippen molar-refractivity contribution in [3.63, 3.8) is 0 Å². The molecule has 0 spiro atoms. The summed E-state index contributed by atoms with van der Waals surface area (Å²) >= 11 is 0. The van der Waals surface area contributed by atoms with Crippen molar-refractivity contribution in [2.45, 2.75) is 39.2 Å². The Bertz CT molecular complexity index is 1110. The first kappa shape index (κ1) is 21.9. The number of hydrogen-bond acceptors (Lipinski definition) is 5. The lowest BCUT2D eigenvalue weighted by Crippen LogP contribution is -2.50. The Hall–Kier alpha value is -3.35. The third kappa shape index (κ3) is 3.83. The third-order valence-electron chi connectivity index (χ3n) is 5.93. The largest absolute Gasteiger partial charge is 0.497 e. The molecule has 3 aromatic rings. The topological polar surface area (TPSA) is 73.7 Å². The van der Waals surface area contributed by atoms with Crippen molar-refractivity contribution in [2.24, 2.45) is 5.92 Å². The van der Waals surface area contributed by atoms with E-state index in [0.717, 1.165) is 35.9 Å². The van der Waals surface area contributed by atoms with Crippen LogP contribution in [0.1, 0.15) is 44.7 Å². The first-order valence-electron chi connectivity index (χ1n) is 11.2. The van der Waals surface area contributed by atoms with E-state index >= 15 is 0 Å². The van der Waals surface area contributed by atoms with Crippen LogP contribution in [0.5, 0.6) is 5.75 Å². The lowest BCUT2D eigenvalue weighted by atomic mass is 9.89. The summed E-state index contributed by atoms with van der Waals surface area (Å²) < 4.78 is 12.7. The van der Waals surface area contributed by atoms with Crippen molar-refractivity contribution in [2.75, 3.05) is 25.2 Å². The molecule has 2 unspecified atom stereocenters. The number of unbranched alkanes of at least 4 members (excludes halogenated alkanes) is 2. The second-order valence-electron chi connectivity index (χ2n) is 7.92. The molecule has 0 bridgehead atoms. The van der Waals surface area contributed by atoms with Crippen molar-refractivity contribution in [1.82, 2.24) is 9.55 Å². The zero-order valence-electron chi connectivity index (χ0n) is 18.8. The van der Waals surface area contributed by atoms with Gasteiger partial charge in [-0.05, 0) is 43.2 Å². The maximum Gasteiger partial charge on any atom is 0.321 e. The van der Waals surface area contributed by atoms with E-state index in [0.29, 0.717) is 18.2 Å². The van der Waals surface area contributed by atoms with Crippen LogP contribution in [-0.4, -0.2) is 41.7 Å². The highest BCUT2D eigenvalue weighted by molar-refractivity contribution is 6.08. The summed E-state index contributed by atoms with van der Waals surface area (Å²) in [5.74, 6) is -0.477. The van der Waals surface area contributed by atoms with Crippen molar-refractivity contribution in [3.05, 3.63) is 54.1 Å². The summed E-state index contributed by atoms with van der Waals surface area (Å²) in [6.07, 6.45) is 2.87. The number of methoxy groups -OCH3 is 1. The molecule has 32 heavy (non-hydrogen) atoms. The van der Waals surface area contributed by atoms with E-state index in [1.807, 2.05) is 53.1 Å². The van der Waals surface area contributed by atoms with Crippen LogP contribution in [0.2, 0.25) is 0 Å². The normalized spacial score (nSPS) is 18.0. The number of aromatic nitrogens is 2. The van der Waals surface area contributed by atoms with E-state index in [1.165, 1.54) is 0 Å². The van der Waals surface area contributed by atoms with Gasteiger partial charge in [0.25, 0.3) is 0 Å². The first-order chi connectivity index (χ1) is 15.6. The van der Waals surface area contributed by atoms with Crippen LogP contribution < -0.4 is 9.64 Å². The van der Waals surface area contributed by atoms with Crippen molar-refractivity contribution in [1.29, 1.82) is 0 Å². The highest BCUT2D eigenvalue weighted by atomic mass is 16.5. The van der Waals surface area contributed by atoms with Crippen LogP contribution in [0.15, 0.2) is 48.5 Å². The molecule has 0 saturated heterocycles. The molecule has 0 N–H and O–H groups in total. The number of benzene rings is 2. The fourth-order valence-corrected chi connectivity index (χ4v) is 4.38. The monoisotopic (exact) mass is 435 g/mol. The molecule has 168 valence electrons. The van der Waals surface area contributed by atoms with Crippen LogP contribution in [0.25, 0.3) is 11.0 Å². The highest BCUT2D eigenvalue weighted by Gasteiger charge is 2.47. The number of amides is 1. The number of anilines is 1. The fourth-order valence-electron chi connectivity index (χ4n) is 4.38. The minimum atomic E-state index is -0.991. The minimum Gasteiger partial charge on any atom is -0.497 e. The second-order valence-corrected chi connectivity index (χ2v) is 7.92. The molecule has 2 aromatic carbocycles. The molecule has 0 radical (unpaired) electrons. The molecule has 2 atom stereocenters. The van der Waals surface area contributed by atoms with Gasteiger partial charge in [0, 0.05) is 6.54 Å². The van der Waals surface area contributed by atoms with Gasteiger partial charge >= 0.3 is 5.97 Å². The number of nitrogens with zero attached hydrogens (tertiary/aromatic N) is 3. The number of hydrogen-bond donors (Lipinski definition) is 0. The van der Waals surface area contributed by atoms with E-state index < -0.39 is 17.9 Å². The minimum absolute atomic E-state index is 0.214. The fraction of sp³-hybridized carbons (Fsp3) is 0.400. The average Bonchev–Trinajstić information content (AvgIpc) is 3.19. The van der Waals surface area contributed by atoms with Crippen LogP contribution in [0.4, 0.5) is 5.95 Å². The summed E-state index contributed by atoms with van der Waals surface area (Å²) in [4.78, 5) is 33.3. The molecule has 2 heterocycles. The Labute approximate surface area is 187 Å². The zero-order valence-corrected chi connectivity index (χ0v) is 18.8. The van der Waals surface area contributed by atoms with E-state index in [9.17, 15) is 9.59 Å². The van der Waals surface area contributed by atoms with Crippen LogP contribution in [0.3, 0.4) is 0 Å². The molecule has 4 rings (SSSR count). The molecule has 1 aliphatic heterocycles. The number of esters is 1. The Morgan fingerprint density at radius 1 is 1.06 bits per heavy atom. The standard InChI is InChI=1S/C25H29N3O4/c1-4-6-9-16-27-23(29)21(24(30)32-5-2)22(17-12-14-18(31-3)15-13-17)28-20-11-8-7-10-19(20)26-25(27)28/h7-8,10-15,21-22H,4-6,9,16H2,1-3H3. The molecule has 0 aliphatic carbocycles. The van der Waals surface area contributed by atoms with Gasteiger partial charge in [0.05, 0.1) is 30.8 Å². The third-order valence-corrected chi connectivity index (χ3v) is 5.93. The molecular weight excluding hydrogens is 406 g/mol. The predicted octanol–water partition coefficient (Wildman–Crippen LogP) is 4.35. The predicted molar refractivity (Wildman–Crippen MR) is 123 cm³/mol. The van der Waals surface area contributed by atoms with E-state index in [-0.39, 0.29) is 12.5 Å². The maximum atomic E-state index is 13.7. The molecule has 1 aliphatic rings. The van der Waals surface area contributed by atoms with E-state index in [2.05, 4.69) is 6.92 Å². The maximum absolute atomic E-state index is 13.7. The number of fused-ring (bicyclic) bond motifs is 3. The molecule has 0 saturated carbocycles. The average molecular weight is 436 g/mol. The van der Waals surface area contributed by atoms with Gasteiger partial charge in [-0.25, -0.2) is 4.98 Å². The van der Waals surface area contributed by atoms with Gasteiger partial charge in [-0.2, -0.15) is 0 Å². The number of carbonyl (C=O) groups is 2. The number of carbonyl (C=O) groups excluding carboxylic acids is 2. The number of imidazole rings is 1. The Morgan fingerprint density at radius 3 is 2.50 bits per heavy atom. The number of ether oxygens (including phenoxy) is 2. The van der Waals surface area contributed by atoms with Gasteiger partial charge in [-0.1, -0.05) is 44.0 Å². The van der Waals surface area contributed by atoms with Gasteiger partial charge < -0.3 is 14.0 Å². The SMILES string of the molecule is CCCCCN1C(=O)C(C(=O)OCC)C(c2ccc(OC)cc2)n2c1nc1ccccc12. The molecule has 7 nitrogen and oxygen atoms in total. The van der Waals surface area contributed by atoms with Gasteiger partial charge in [0.2, 0.25) is 11.9 Å². The van der Waals surface area contributed by atoms with Crippen molar-refractivity contribution in [3.8, 4) is 5.75 Å². The molecule has 7 heteroatoms. The molecule has 0 fully saturated rings. The quantitative estimate of drug-likeness (QED) is 0.299. The van der Waals surface area contributed by atoms with Gasteiger partial charge in [-0.3, -0.25) is 14.5 Å². The number of para-hydroxylation sites is 2. The molecule has 1 amide bonds. The van der Waals surface area contributed by atoms with Gasteiger partial charge in [0.1, 0.15) is 5.75 Å².